The van der Waals surface area contributed by atoms with E-state index in [1.165, 1.54) is 0 Å². The van der Waals surface area contributed by atoms with Crippen LogP contribution in [-0.2, 0) is 4.79 Å². The summed E-state index contributed by atoms with van der Waals surface area (Å²) in [6.07, 6.45) is 3.34. The van der Waals surface area contributed by atoms with Gasteiger partial charge in [-0.3, -0.25) is 9.78 Å². The molecule has 1 aliphatic rings. The SMILES string of the molecule is O=C1CNCCN1c1cnc2cnc(-c3ccc(O)cc3)nc2c1. The third-order valence-electron chi connectivity index (χ3n) is 3.95. The van der Waals surface area contributed by atoms with Gasteiger partial charge >= 0.3 is 0 Å². The fourth-order valence-corrected chi connectivity index (χ4v) is 2.68. The number of fused-ring (bicyclic) bond motifs is 1. The zero-order chi connectivity index (χ0) is 16.5. The number of piperazine rings is 1. The highest BCUT2D eigenvalue weighted by molar-refractivity contribution is 5.96. The van der Waals surface area contributed by atoms with Crippen LogP contribution in [0.3, 0.4) is 0 Å². The Kier molecular flexibility index (Phi) is 3.55. The summed E-state index contributed by atoms with van der Waals surface area (Å²) in [5.41, 5.74) is 2.89. The van der Waals surface area contributed by atoms with E-state index in [-0.39, 0.29) is 11.7 Å². The van der Waals surface area contributed by atoms with Crippen LogP contribution in [0.25, 0.3) is 22.4 Å². The number of amides is 1. The average molecular weight is 321 g/mol. The van der Waals surface area contributed by atoms with Gasteiger partial charge in [-0.05, 0) is 30.3 Å². The predicted molar refractivity (Wildman–Crippen MR) is 89.7 cm³/mol. The van der Waals surface area contributed by atoms with Crippen molar-refractivity contribution < 1.29 is 9.90 Å². The first-order valence-electron chi connectivity index (χ1n) is 7.64. The summed E-state index contributed by atoms with van der Waals surface area (Å²) in [7, 11) is 0. The lowest BCUT2D eigenvalue weighted by atomic mass is 10.2. The molecule has 2 N–H and O–H groups in total. The number of rotatable bonds is 2. The standard InChI is InChI=1S/C17H15N5O2/c23-13-3-1-11(2-4-13)17-20-9-15-14(21-17)7-12(8-19-15)22-6-5-18-10-16(22)24/h1-4,7-9,18,23H,5-6,10H2. The van der Waals surface area contributed by atoms with E-state index in [1.807, 2.05) is 6.07 Å². The minimum absolute atomic E-state index is 0.0233. The van der Waals surface area contributed by atoms with Crippen molar-refractivity contribution >= 4 is 22.6 Å². The molecule has 4 rings (SSSR count). The van der Waals surface area contributed by atoms with Gasteiger partial charge in [0, 0.05) is 18.7 Å². The Morgan fingerprint density at radius 1 is 1.08 bits per heavy atom. The molecule has 120 valence electrons. The molecule has 1 fully saturated rings. The number of anilines is 1. The van der Waals surface area contributed by atoms with Crippen molar-refractivity contribution in [1.82, 2.24) is 20.3 Å². The first-order chi connectivity index (χ1) is 11.7. The van der Waals surface area contributed by atoms with Crippen LogP contribution >= 0.6 is 0 Å². The van der Waals surface area contributed by atoms with E-state index >= 15 is 0 Å². The number of carbonyl (C=O) groups is 1. The number of aromatic nitrogens is 3. The summed E-state index contributed by atoms with van der Waals surface area (Å²) in [6, 6.07) is 8.56. The summed E-state index contributed by atoms with van der Waals surface area (Å²) in [4.78, 5) is 27.0. The van der Waals surface area contributed by atoms with Crippen molar-refractivity contribution in [3.63, 3.8) is 0 Å². The number of nitrogens with one attached hydrogen (secondary N) is 1. The normalized spacial score (nSPS) is 15.0. The summed E-state index contributed by atoms with van der Waals surface area (Å²) in [5, 5.41) is 12.4. The van der Waals surface area contributed by atoms with E-state index in [9.17, 15) is 9.90 Å². The van der Waals surface area contributed by atoms with Gasteiger partial charge in [-0.1, -0.05) is 0 Å². The molecule has 3 aromatic rings. The molecule has 7 nitrogen and oxygen atoms in total. The lowest BCUT2D eigenvalue weighted by Crippen LogP contribution is -2.48. The quantitative estimate of drug-likeness (QED) is 0.740. The maximum atomic E-state index is 12.0. The van der Waals surface area contributed by atoms with Crippen molar-refractivity contribution in [3.8, 4) is 17.1 Å². The van der Waals surface area contributed by atoms with Crippen LogP contribution in [0.15, 0.2) is 42.7 Å². The first kappa shape index (κ1) is 14.5. The van der Waals surface area contributed by atoms with Crippen LogP contribution in [0, 0.1) is 0 Å². The zero-order valence-electron chi connectivity index (χ0n) is 12.8. The van der Waals surface area contributed by atoms with Gasteiger partial charge in [-0.15, -0.1) is 0 Å². The van der Waals surface area contributed by atoms with Crippen molar-refractivity contribution in [3.05, 3.63) is 42.7 Å². The monoisotopic (exact) mass is 321 g/mol. The molecule has 0 unspecified atom stereocenters. The maximum Gasteiger partial charge on any atom is 0.241 e. The third-order valence-corrected chi connectivity index (χ3v) is 3.95. The van der Waals surface area contributed by atoms with Gasteiger partial charge in [0.2, 0.25) is 5.91 Å². The summed E-state index contributed by atoms with van der Waals surface area (Å²) in [6.45, 7) is 1.70. The summed E-state index contributed by atoms with van der Waals surface area (Å²) in [5.74, 6) is 0.768. The van der Waals surface area contributed by atoms with E-state index in [0.29, 0.717) is 29.9 Å². The topological polar surface area (TPSA) is 91.2 Å². The molecule has 0 atom stereocenters. The van der Waals surface area contributed by atoms with E-state index < -0.39 is 0 Å². The number of aromatic hydroxyl groups is 1. The van der Waals surface area contributed by atoms with Crippen LogP contribution < -0.4 is 10.2 Å². The van der Waals surface area contributed by atoms with Gasteiger partial charge < -0.3 is 15.3 Å². The van der Waals surface area contributed by atoms with Crippen LogP contribution in [0.1, 0.15) is 0 Å². The van der Waals surface area contributed by atoms with Gasteiger partial charge in [0.25, 0.3) is 0 Å². The summed E-state index contributed by atoms with van der Waals surface area (Å²) < 4.78 is 0. The van der Waals surface area contributed by atoms with Crippen molar-refractivity contribution in [2.45, 2.75) is 0 Å². The largest absolute Gasteiger partial charge is 0.508 e. The molecule has 1 saturated heterocycles. The van der Waals surface area contributed by atoms with Gasteiger partial charge in [0.15, 0.2) is 5.82 Å². The smallest absolute Gasteiger partial charge is 0.241 e. The number of phenols is 1. The Balaban J connectivity index is 1.75. The molecule has 7 heteroatoms. The molecule has 0 spiro atoms. The average Bonchev–Trinajstić information content (AvgIpc) is 2.62. The predicted octanol–water partition coefficient (Wildman–Crippen LogP) is 1.33. The fraction of sp³-hybridized carbons (Fsp3) is 0.176. The molecule has 0 radical (unpaired) electrons. The zero-order valence-corrected chi connectivity index (χ0v) is 12.8. The number of hydrogen-bond donors (Lipinski definition) is 2. The second-order valence-electron chi connectivity index (χ2n) is 5.56. The number of carbonyl (C=O) groups excluding carboxylic acids is 1. The highest BCUT2D eigenvalue weighted by Gasteiger charge is 2.20. The molecule has 1 aromatic carbocycles. The molecule has 24 heavy (non-hydrogen) atoms. The number of phenolic OH excluding ortho intramolecular Hbond substituents is 1. The Morgan fingerprint density at radius 2 is 1.92 bits per heavy atom. The molecule has 0 bridgehead atoms. The Bertz CT molecular complexity index is 911. The van der Waals surface area contributed by atoms with Crippen molar-refractivity contribution in [2.24, 2.45) is 0 Å². The number of benzene rings is 1. The Hall–Kier alpha value is -3.06. The van der Waals surface area contributed by atoms with E-state index in [1.54, 1.807) is 41.6 Å². The maximum absolute atomic E-state index is 12.0. The van der Waals surface area contributed by atoms with E-state index in [2.05, 4.69) is 20.3 Å². The van der Waals surface area contributed by atoms with Gasteiger partial charge in [-0.25, -0.2) is 9.97 Å². The third kappa shape index (κ3) is 2.65. The van der Waals surface area contributed by atoms with E-state index in [4.69, 9.17) is 0 Å². The number of hydrogen-bond acceptors (Lipinski definition) is 6. The van der Waals surface area contributed by atoms with Crippen molar-refractivity contribution in [1.29, 1.82) is 0 Å². The van der Waals surface area contributed by atoms with Crippen molar-refractivity contribution in [2.75, 3.05) is 24.5 Å². The van der Waals surface area contributed by atoms with Gasteiger partial charge in [-0.2, -0.15) is 0 Å². The van der Waals surface area contributed by atoms with Crippen LogP contribution in [0.2, 0.25) is 0 Å². The first-order valence-corrected chi connectivity index (χ1v) is 7.64. The molecular formula is C17H15N5O2. The Morgan fingerprint density at radius 3 is 2.71 bits per heavy atom. The lowest BCUT2D eigenvalue weighted by molar-refractivity contribution is -0.118. The lowest BCUT2D eigenvalue weighted by Gasteiger charge is -2.27. The molecule has 0 saturated carbocycles. The molecule has 1 amide bonds. The highest BCUT2D eigenvalue weighted by atomic mass is 16.3. The second kappa shape index (κ2) is 5.86. The second-order valence-corrected chi connectivity index (χ2v) is 5.56. The van der Waals surface area contributed by atoms with Crippen LogP contribution in [-0.4, -0.2) is 45.6 Å². The number of nitrogens with zero attached hydrogens (tertiary/aromatic N) is 4. The summed E-state index contributed by atoms with van der Waals surface area (Å²) >= 11 is 0. The minimum atomic E-state index is 0.0233. The molecule has 3 heterocycles. The van der Waals surface area contributed by atoms with Gasteiger partial charge in [0.1, 0.15) is 11.3 Å². The molecule has 2 aromatic heterocycles. The number of pyridine rings is 1. The highest BCUT2D eigenvalue weighted by Crippen LogP contribution is 2.23. The fourth-order valence-electron chi connectivity index (χ4n) is 2.68. The molecule has 1 aliphatic heterocycles. The van der Waals surface area contributed by atoms with E-state index in [0.717, 1.165) is 17.8 Å². The van der Waals surface area contributed by atoms with Gasteiger partial charge in [0.05, 0.1) is 30.1 Å². The Labute approximate surface area is 138 Å². The molecule has 0 aliphatic carbocycles. The minimum Gasteiger partial charge on any atom is -0.508 e. The van der Waals surface area contributed by atoms with Crippen LogP contribution in [0.5, 0.6) is 5.75 Å². The van der Waals surface area contributed by atoms with Crippen LogP contribution in [0.4, 0.5) is 5.69 Å². The molecular weight excluding hydrogens is 306 g/mol.